The van der Waals surface area contributed by atoms with Gasteiger partial charge in [-0.2, -0.15) is 0 Å². The summed E-state index contributed by atoms with van der Waals surface area (Å²) in [5, 5.41) is 0. The van der Waals surface area contributed by atoms with Gasteiger partial charge in [0.25, 0.3) is 0 Å². The Hall–Kier alpha value is -2.13. The molecule has 0 saturated heterocycles. The minimum Gasteiger partial charge on any atom is -0.377 e. The molecule has 1 amide bonds. The molecule has 20 heavy (non-hydrogen) atoms. The first-order valence-corrected chi connectivity index (χ1v) is 6.76. The fourth-order valence-electron chi connectivity index (χ4n) is 1.98. The molecule has 0 atom stereocenters. The highest BCUT2D eigenvalue weighted by Crippen LogP contribution is 2.07. The van der Waals surface area contributed by atoms with Crippen molar-refractivity contribution in [3.8, 4) is 0 Å². The molecule has 0 unspecified atom stereocenters. The topological polar surface area (TPSA) is 52.3 Å². The average molecular weight is 269 g/mol. The van der Waals surface area contributed by atoms with Crippen molar-refractivity contribution in [3.63, 3.8) is 0 Å². The second-order valence-corrected chi connectivity index (χ2v) is 4.70. The minimum absolute atomic E-state index is 0.386. The van der Waals surface area contributed by atoms with Gasteiger partial charge in [-0.3, -0.25) is 4.79 Å². The number of carbonyl (C=O) groups is 1. The predicted octanol–water partition coefficient (Wildman–Crippen LogP) is 2.93. The fraction of sp³-hybridized carbons (Fsp3) is 0.235. The molecule has 0 heterocycles. The third-order valence-electron chi connectivity index (χ3n) is 3.10. The quantitative estimate of drug-likeness (QED) is 0.786. The maximum atomic E-state index is 10.9. The lowest BCUT2D eigenvalue weighted by molar-refractivity contribution is 0.1000. The van der Waals surface area contributed by atoms with Crippen LogP contribution in [-0.2, 0) is 17.8 Å². The summed E-state index contributed by atoms with van der Waals surface area (Å²) in [6.07, 6.45) is 1.90. The number of carbonyl (C=O) groups excluding carboxylic acids is 1. The zero-order valence-electron chi connectivity index (χ0n) is 11.4. The molecule has 3 heteroatoms. The second-order valence-electron chi connectivity index (χ2n) is 4.70. The van der Waals surface area contributed by atoms with Crippen LogP contribution in [0.1, 0.15) is 27.9 Å². The van der Waals surface area contributed by atoms with E-state index in [0.717, 1.165) is 19.4 Å². The van der Waals surface area contributed by atoms with Crippen LogP contribution >= 0.6 is 0 Å². The maximum absolute atomic E-state index is 10.9. The maximum Gasteiger partial charge on any atom is 0.248 e. The second kappa shape index (κ2) is 7.46. The number of aryl methyl sites for hydroxylation is 1. The fourth-order valence-corrected chi connectivity index (χ4v) is 1.98. The van der Waals surface area contributed by atoms with Gasteiger partial charge in [-0.15, -0.1) is 0 Å². The Morgan fingerprint density at radius 1 is 0.950 bits per heavy atom. The van der Waals surface area contributed by atoms with Gasteiger partial charge in [-0.25, -0.2) is 0 Å². The summed E-state index contributed by atoms with van der Waals surface area (Å²) in [6, 6.07) is 17.6. The highest BCUT2D eigenvalue weighted by Gasteiger charge is 2.00. The van der Waals surface area contributed by atoms with E-state index in [0.29, 0.717) is 12.2 Å². The van der Waals surface area contributed by atoms with E-state index in [9.17, 15) is 4.79 Å². The van der Waals surface area contributed by atoms with E-state index in [1.165, 1.54) is 11.1 Å². The highest BCUT2D eigenvalue weighted by atomic mass is 16.5. The van der Waals surface area contributed by atoms with Gasteiger partial charge in [0.05, 0.1) is 6.61 Å². The van der Waals surface area contributed by atoms with Crippen molar-refractivity contribution in [2.75, 3.05) is 6.61 Å². The van der Waals surface area contributed by atoms with Gasteiger partial charge in [-0.05, 0) is 36.1 Å². The van der Waals surface area contributed by atoms with Crippen molar-refractivity contribution in [1.82, 2.24) is 0 Å². The van der Waals surface area contributed by atoms with E-state index in [1.54, 1.807) is 12.1 Å². The first-order chi connectivity index (χ1) is 9.75. The van der Waals surface area contributed by atoms with Crippen molar-refractivity contribution in [3.05, 3.63) is 71.3 Å². The largest absolute Gasteiger partial charge is 0.377 e. The molecule has 0 saturated carbocycles. The van der Waals surface area contributed by atoms with Crippen LogP contribution in [0.4, 0.5) is 0 Å². The molecule has 0 aliphatic carbocycles. The molecule has 0 fully saturated rings. The van der Waals surface area contributed by atoms with E-state index in [-0.39, 0.29) is 5.91 Å². The number of nitrogens with two attached hydrogens (primary N) is 1. The van der Waals surface area contributed by atoms with Crippen LogP contribution in [0.5, 0.6) is 0 Å². The van der Waals surface area contributed by atoms with E-state index in [2.05, 4.69) is 12.1 Å². The van der Waals surface area contributed by atoms with E-state index < -0.39 is 0 Å². The molecule has 0 bridgehead atoms. The summed E-state index contributed by atoms with van der Waals surface area (Å²) in [5.41, 5.74) is 8.14. The molecule has 0 aliphatic heterocycles. The van der Waals surface area contributed by atoms with Crippen LogP contribution in [0.3, 0.4) is 0 Å². The first-order valence-electron chi connectivity index (χ1n) is 6.76. The molecule has 3 nitrogen and oxygen atoms in total. The number of hydrogen-bond donors (Lipinski definition) is 1. The number of ether oxygens (including phenoxy) is 1. The molecule has 2 aromatic rings. The minimum atomic E-state index is -0.386. The smallest absolute Gasteiger partial charge is 0.248 e. The molecule has 0 aromatic heterocycles. The molecule has 104 valence electrons. The monoisotopic (exact) mass is 269 g/mol. The summed E-state index contributed by atoms with van der Waals surface area (Å²) in [7, 11) is 0. The molecule has 2 aromatic carbocycles. The van der Waals surface area contributed by atoms with Crippen molar-refractivity contribution in [2.24, 2.45) is 5.73 Å². The van der Waals surface area contributed by atoms with E-state index in [4.69, 9.17) is 10.5 Å². The number of primary amides is 1. The molecule has 0 radical (unpaired) electrons. The number of benzene rings is 2. The zero-order chi connectivity index (χ0) is 14.2. The molecular formula is C17H19NO2. The van der Waals surface area contributed by atoms with Crippen LogP contribution < -0.4 is 5.73 Å². The summed E-state index contributed by atoms with van der Waals surface area (Å²) < 4.78 is 5.63. The Balaban J connectivity index is 1.67. The standard InChI is InChI=1S/C17H19NO2/c18-17(19)16-10-8-14(9-11-16)7-4-12-20-13-15-5-2-1-3-6-15/h1-3,5-6,8-11H,4,7,12-13H2,(H2,18,19). The van der Waals surface area contributed by atoms with Gasteiger partial charge in [0.2, 0.25) is 5.91 Å². The lowest BCUT2D eigenvalue weighted by Crippen LogP contribution is -2.10. The lowest BCUT2D eigenvalue weighted by atomic mass is 10.1. The van der Waals surface area contributed by atoms with Gasteiger partial charge in [0.15, 0.2) is 0 Å². The zero-order valence-corrected chi connectivity index (χ0v) is 11.4. The Bertz CT molecular complexity index is 535. The van der Waals surface area contributed by atoms with Crippen LogP contribution in [0.25, 0.3) is 0 Å². The predicted molar refractivity (Wildman–Crippen MR) is 79.4 cm³/mol. The molecular weight excluding hydrogens is 250 g/mol. The third-order valence-corrected chi connectivity index (χ3v) is 3.10. The Morgan fingerprint density at radius 2 is 1.65 bits per heavy atom. The average Bonchev–Trinajstić information content (AvgIpc) is 2.48. The number of amides is 1. The lowest BCUT2D eigenvalue weighted by Gasteiger charge is -2.05. The highest BCUT2D eigenvalue weighted by molar-refractivity contribution is 5.92. The van der Waals surface area contributed by atoms with Gasteiger partial charge in [0.1, 0.15) is 0 Å². The van der Waals surface area contributed by atoms with Crippen LogP contribution in [-0.4, -0.2) is 12.5 Å². The normalized spacial score (nSPS) is 10.4. The molecule has 2 rings (SSSR count). The van der Waals surface area contributed by atoms with Gasteiger partial charge in [-0.1, -0.05) is 42.5 Å². The van der Waals surface area contributed by atoms with Crippen molar-refractivity contribution < 1.29 is 9.53 Å². The van der Waals surface area contributed by atoms with Crippen LogP contribution in [0.15, 0.2) is 54.6 Å². The Morgan fingerprint density at radius 3 is 2.30 bits per heavy atom. The van der Waals surface area contributed by atoms with Crippen molar-refractivity contribution in [1.29, 1.82) is 0 Å². The molecule has 0 aliphatic rings. The van der Waals surface area contributed by atoms with Gasteiger partial charge in [0, 0.05) is 12.2 Å². The summed E-state index contributed by atoms with van der Waals surface area (Å²) in [5.74, 6) is -0.386. The Labute approximate surface area is 119 Å². The first kappa shape index (κ1) is 14.3. The molecule has 2 N–H and O–H groups in total. The molecule has 0 spiro atoms. The van der Waals surface area contributed by atoms with Gasteiger partial charge < -0.3 is 10.5 Å². The van der Waals surface area contributed by atoms with E-state index >= 15 is 0 Å². The van der Waals surface area contributed by atoms with Crippen molar-refractivity contribution in [2.45, 2.75) is 19.4 Å². The van der Waals surface area contributed by atoms with Gasteiger partial charge >= 0.3 is 0 Å². The number of hydrogen-bond acceptors (Lipinski definition) is 2. The summed E-state index contributed by atoms with van der Waals surface area (Å²) in [6.45, 7) is 1.38. The van der Waals surface area contributed by atoms with Crippen LogP contribution in [0.2, 0.25) is 0 Å². The summed E-state index contributed by atoms with van der Waals surface area (Å²) >= 11 is 0. The Kier molecular flexibility index (Phi) is 5.33. The third kappa shape index (κ3) is 4.52. The van der Waals surface area contributed by atoms with Crippen LogP contribution in [0, 0.1) is 0 Å². The van der Waals surface area contributed by atoms with Crippen molar-refractivity contribution >= 4 is 5.91 Å². The summed E-state index contributed by atoms with van der Waals surface area (Å²) in [4.78, 5) is 10.9. The SMILES string of the molecule is NC(=O)c1ccc(CCCOCc2ccccc2)cc1. The number of rotatable bonds is 7. The van der Waals surface area contributed by atoms with E-state index in [1.807, 2.05) is 30.3 Å².